The molecule has 0 amide bonds. The minimum atomic E-state index is 0.501. The second-order valence-electron chi connectivity index (χ2n) is 4.23. The normalized spacial score (nSPS) is 11.5. The Morgan fingerprint density at radius 2 is 2.07 bits per heavy atom. The van der Waals surface area contributed by atoms with Gasteiger partial charge in [-0.3, -0.25) is 0 Å². The van der Waals surface area contributed by atoms with Gasteiger partial charge in [-0.1, -0.05) is 26.0 Å². The first kappa shape index (κ1) is 10.2. The van der Waals surface area contributed by atoms with Crippen LogP contribution in [0.3, 0.4) is 0 Å². The number of hydrogen-bond acceptors (Lipinski definition) is 2. The number of fused-ring (bicyclic) bond motifs is 1. The van der Waals surface area contributed by atoms with E-state index in [1.54, 1.807) is 0 Å². The van der Waals surface area contributed by atoms with Crippen molar-refractivity contribution >= 4 is 11.0 Å². The van der Waals surface area contributed by atoms with Gasteiger partial charge in [0.2, 0.25) is 0 Å². The zero-order valence-electron chi connectivity index (χ0n) is 9.27. The van der Waals surface area contributed by atoms with E-state index in [1.165, 1.54) is 5.52 Å². The molecule has 2 rings (SSSR count). The van der Waals surface area contributed by atoms with Crippen LogP contribution in [0.1, 0.15) is 19.7 Å². The van der Waals surface area contributed by atoms with Gasteiger partial charge in [-0.2, -0.15) is 0 Å². The van der Waals surface area contributed by atoms with Gasteiger partial charge in [-0.05, 0) is 18.1 Å². The van der Waals surface area contributed by atoms with Crippen LogP contribution < -0.4 is 5.73 Å². The Morgan fingerprint density at radius 3 is 2.73 bits per heavy atom. The summed E-state index contributed by atoms with van der Waals surface area (Å²) in [4.78, 5) is 4.52. The molecule has 0 saturated carbocycles. The molecule has 1 heterocycles. The highest BCUT2D eigenvalue weighted by Gasteiger charge is 2.09. The lowest BCUT2D eigenvalue weighted by atomic mass is 10.2. The lowest BCUT2D eigenvalue weighted by Crippen LogP contribution is -2.11. The third-order valence-electron chi connectivity index (χ3n) is 2.46. The molecule has 0 aliphatic carbocycles. The van der Waals surface area contributed by atoms with E-state index < -0.39 is 0 Å². The van der Waals surface area contributed by atoms with E-state index in [-0.39, 0.29) is 0 Å². The summed E-state index contributed by atoms with van der Waals surface area (Å²) in [7, 11) is 0. The van der Waals surface area contributed by atoms with Crippen molar-refractivity contribution in [2.24, 2.45) is 11.7 Å². The number of imidazole rings is 1. The van der Waals surface area contributed by atoms with Gasteiger partial charge < -0.3 is 10.3 Å². The molecule has 15 heavy (non-hydrogen) atoms. The van der Waals surface area contributed by atoms with E-state index in [4.69, 9.17) is 5.73 Å². The van der Waals surface area contributed by atoms with Gasteiger partial charge in [0.25, 0.3) is 0 Å². The fraction of sp³-hybridized carbons (Fsp3) is 0.417. The fourth-order valence-corrected chi connectivity index (χ4v) is 1.85. The molecule has 0 atom stereocenters. The second kappa shape index (κ2) is 4.03. The topological polar surface area (TPSA) is 43.8 Å². The minimum absolute atomic E-state index is 0.501. The summed E-state index contributed by atoms with van der Waals surface area (Å²) in [6.07, 6.45) is 0. The average Bonchev–Trinajstić information content (AvgIpc) is 2.56. The number of rotatable bonds is 3. The molecule has 0 aliphatic heterocycles. The second-order valence-corrected chi connectivity index (χ2v) is 4.23. The molecule has 0 saturated heterocycles. The van der Waals surface area contributed by atoms with Crippen LogP contribution in [-0.2, 0) is 13.1 Å². The first-order chi connectivity index (χ1) is 7.22. The highest BCUT2D eigenvalue weighted by Crippen LogP contribution is 2.17. The van der Waals surface area contributed by atoms with Crippen LogP contribution in [0.25, 0.3) is 11.0 Å². The lowest BCUT2D eigenvalue weighted by Gasteiger charge is -2.10. The molecule has 1 aromatic heterocycles. The Kier molecular flexibility index (Phi) is 2.73. The molecule has 80 valence electrons. The van der Waals surface area contributed by atoms with Crippen molar-refractivity contribution in [3.63, 3.8) is 0 Å². The Balaban J connectivity index is 2.56. The number of nitrogens with zero attached hydrogens (tertiary/aromatic N) is 2. The molecule has 0 radical (unpaired) electrons. The van der Waals surface area contributed by atoms with Crippen LogP contribution in [0.15, 0.2) is 24.3 Å². The summed E-state index contributed by atoms with van der Waals surface area (Å²) < 4.78 is 2.22. The van der Waals surface area contributed by atoms with Crippen molar-refractivity contribution in [3.05, 3.63) is 30.1 Å². The summed E-state index contributed by atoms with van der Waals surface area (Å²) in [5, 5.41) is 0. The zero-order valence-corrected chi connectivity index (χ0v) is 9.27. The van der Waals surface area contributed by atoms with Gasteiger partial charge >= 0.3 is 0 Å². The van der Waals surface area contributed by atoms with Crippen molar-refractivity contribution in [2.45, 2.75) is 26.9 Å². The molecular formula is C12H17N3. The van der Waals surface area contributed by atoms with Gasteiger partial charge in [0.15, 0.2) is 0 Å². The Hall–Kier alpha value is -1.35. The van der Waals surface area contributed by atoms with Crippen LogP contribution in [0.4, 0.5) is 0 Å². The first-order valence-electron chi connectivity index (χ1n) is 5.36. The van der Waals surface area contributed by atoms with E-state index in [0.29, 0.717) is 12.5 Å². The molecule has 1 aromatic carbocycles. The maximum Gasteiger partial charge on any atom is 0.123 e. The van der Waals surface area contributed by atoms with Crippen LogP contribution in [0, 0.1) is 5.92 Å². The standard InChI is InChI=1S/C12H17N3/c1-9(2)8-15-11-6-4-3-5-10(11)14-12(15)7-13/h3-6,9H,7-8,13H2,1-2H3. The van der Waals surface area contributed by atoms with Crippen molar-refractivity contribution in [3.8, 4) is 0 Å². The summed E-state index contributed by atoms with van der Waals surface area (Å²) in [5.41, 5.74) is 7.93. The predicted molar refractivity (Wildman–Crippen MR) is 62.5 cm³/mol. The van der Waals surface area contributed by atoms with Gasteiger partial charge in [-0.15, -0.1) is 0 Å². The van der Waals surface area contributed by atoms with Gasteiger partial charge in [0, 0.05) is 6.54 Å². The monoisotopic (exact) mass is 203 g/mol. The summed E-state index contributed by atoms with van der Waals surface area (Å²) in [5.74, 6) is 1.58. The van der Waals surface area contributed by atoms with Gasteiger partial charge in [0.05, 0.1) is 17.6 Å². The van der Waals surface area contributed by atoms with E-state index in [2.05, 4.69) is 29.5 Å². The molecule has 3 heteroatoms. The van der Waals surface area contributed by atoms with E-state index >= 15 is 0 Å². The Labute approximate surface area is 89.9 Å². The molecule has 0 unspecified atom stereocenters. The third-order valence-corrected chi connectivity index (χ3v) is 2.46. The van der Waals surface area contributed by atoms with Crippen LogP contribution >= 0.6 is 0 Å². The molecule has 0 spiro atoms. The van der Waals surface area contributed by atoms with Gasteiger partial charge in [-0.25, -0.2) is 4.98 Å². The quantitative estimate of drug-likeness (QED) is 0.830. The molecule has 0 fully saturated rings. The predicted octanol–water partition coefficient (Wildman–Crippen LogP) is 2.15. The van der Waals surface area contributed by atoms with Crippen LogP contribution in [-0.4, -0.2) is 9.55 Å². The molecular weight excluding hydrogens is 186 g/mol. The summed E-state index contributed by atoms with van der Waals surface area (Å²) in [6.45, 7) is 5.89. The smallest absolute Gasteiger partial charge is 0.123 e. The molecule has 2 aromatic rings. The largest absolute Gasteiger partial charge is 0.327 e. The van der Waals surface area contributed by atoms with E-state index in [0.717, 1.165) is 17.9 Å². The SMILES string of the molecule is CC(C)Cn1c(CN)nc2ccccc21. The lowest BCUT2D eigenvalue weighted by molar-refractivity contribution is 0.517. The number of para-hydroxylation sites is 2. The van der Waals surface area contributed by atoms with Crippen molar-refractivity contribution in [1.29, 1.82) is 0 Å². The molecule has 0 bridgehead atoms. The van der Waals surface area contributed by atoms with Crippen LogP contribution in [0.2, 0.25) is 0 Å². The number of nitrogens with two attached hydrogens (primary N) is 1. The zero-order chi connectivity index (χ0) is 10.8. The van der Waals surface area contributed by atoms with Crippen molar-refractivity contribution in [1.82, 2.24) is 9.55 Å². The maximum absolute atomic E-state index is 5.71. The Bertz CT molecular complexity index is 457. The average molecular weight is 203 g/mol. The molecule has 0 aliphatic rings. The summed E-state index contributed by atoms with van der Waals surface area (Å²) >= 11 is 0. The number of hydrogen-bond donors (Lipinski definition) is 1. The van der Waals surface area contributed by atoms with Gasteiger partial charge in [0.1, 0.15) is 5.82 Å². The van der Waals surface area contributed by atoms with Crippen LogP contribution in [0.5, 0.6) is 0 Å². The van der Waals surface area contributed by atoms with E-state index in [9.17, 15) is 0 Å². The van der Waals surface area contributed by atoms with Crippen molar-refractivity contribution in [2.75, 3.05) is 0 Å². The molecule has 3 nitrogen and oxygen atoms in total. The first-order valence-corrected chi connectivity index (χ1v) is 5.36. The number of aromatic nitrogens is 2. The third kappa shape index (κ3) is 1.88. The minimum Gasteiger partial charge on any atom is -0.327 e. The van der Waals surface area contributed by atoms with Crippen molar-refractivity contribution < 1.29 is 0 Å². The maximum atomic E-state index is 5.71. The highest BCUT2D eigenvalue weighted by molar-refractivity contribution is 5.75. The molecule has 2 N–H and O–H groups in total. The Morgan fingerprint density at radius 1 is 1.33 bits per heavy atom. The number of benzene rings is 1. The summed E-state index contributed by atoms with van der Waals surface area (Å²) in [6, 6.07) is 8.19. The fourth-order valence-electron chi connectivity index (χ4n) is 1.85. The highest BCUT2D eigenvalue weighted by atomic mass is 15.1. The van der Waals surface area contributed by atoms with E-state index in [1.807, 2.05) is 18.2 Å².